The number of nitrogens with two attached hydrogens (primary N) is 1. The van der Waals surface area contributed by atoms with E-state index in [0.29, 0.717) is 12.4 Å². The van der Waals surface area contributed by atoms with E-state index in [4.69, 9.17) is 9.88 Å². The summed E-state index contributed by atoms with van der Waals surface area (Å²) in [6.07, 6.45) is 0.768. The molecule has 0 aromatic heterocycles. The van der Waals surface area contributed by atoms with Crippen molar-refractivity contribution in [3.05, 3.63) is 23.8 Å². The van der Waals surface area contributed by atoms with Gasteiger partial charge in [0, 0.05) is 6.04 Å². The summed E-state index contributed by atoms with van der Waals surface area (Å²) in [5.41, 5.74) is 0.165. The molecular weight excluding hydrogens is 280 g/mol. The van der Waals surface area contributed by atoms with Crippen LogP contribution in [0.3, 0.4) is 0 Å². The summed E-state index contributed by atoms with van der Waals surface area (Å²) in [6.45, 7) is 5.96. The number of amides is 1. The van der Waals surface area contributed by atoms with E-state index in [1.807, 2.05) is 13.8 Å². The van der Waals surface area contributed by atoms with Crippen LogP contribution in [0, 0.1) is 0 Å². The van der Waals surface area contributed by atoms with Gasteiger partial charge in [0.05, 0.1) is 17.1 Å². The van der Waals surface area contributed by atoms with Crippen LogP contribution in [0.15, 0.2) is 23.1 Å². The summed E-state index contributed by atoms with van der Waals surface area (Å²) < 4.78 is 28.1. The number of ether oxygens (including phenoxy) is 1. The Morgan fingerprint density at radius 2 is 2.05 bits per heavy atom. The van der Waals surface area contributed by atoms with Crippen molar-refractivity contribution in [2.45, 2.75) is 38.1 Å². The maximum Gasteiger partial charge on any atom is 0.255 e. The van der Waals surface area contributed by atoms with Gasteiger partial charge in [0.2, 0.25) is 10.0 Å². The predicted molar refractivity (Wildman–Crippen MR) is 76.2 cm³/mol. The van der Waals surface area contributed by atoms with Crippen LogP contribution in [0.1, 0.15) is 37.6 Å². The van der Waals surface area contributed by atoms with Crippen molar-refractivity contribution in [1.82, 2.24) is 5.32 Å². The van der Waals surface area contributed by atoms with Gasteiger partial charge < -0.3 is 10.1 Å². The van der Waals surface area contributed by atoms with Gasteiger partial charge in [-0.3, -0.25) is 4.79 Å². The van der Waals surface area contributed by atoms with Crippen molar-refractivity contribution in [3.63, 3.8) is 0 Å². The van der Waals surface area contributed by atoms with E-state index in [1.54, 1.807) is 6.92 Å². The Balaban J connectivity index is 3.21. The Morgan fingerprint density at radius 3 is 2.55 bits per heavy atom. The predicted octanol–water partition coefficient (Wildman–Crippen LogP) is 1.26. The van der Waals surface area contributed by atoms with Crippen molar-refractivity contribution in [2.75, 3.05) is 6.61 Å². The lowest BCUT2D eigenvalue weighted by Gasteiger charge is -2.15. The fraction of sp³-hybridized carbons (Fsp3) is 0.462. The van der Waals surface area contributed by atoms with Gasteiger partial charge in [-0.05, 0) is 38.5 Å². The van der Waals surface area contributed by atoms with Crippen LogP contribution in [0.2, 0.25) is 0 Å². The van der Waals surface area contributed by atoms with Crippen molar-refractivity contribution in [1.29, 1.82) is 0 Å². The first-order chi connectivity index (χ1) is 9.29. The first-order valence-electron chi connectivity index (χ1n) is 6.40. The molecule has 0 spiro atoms. The Hall–Kier alpha value is -1.60. The number of nitrogens with one attached hydrogen (secondary N) is 1. The molecule has 0 aliphatic rings. The van der Waals surface area contributed by atoms with Gasteiger partial charge in [-0.25, -0.2) is 13.6 Å². The summed E-state index contributed by atoms with van der Waals surface area (Å²) in [6, 6.07) is 3.97. The average Bonchev–Trinajstić information content (AvgIpc) is 2.37. The molecule has 0 radical (unpaired) electrons. The molecule has 0 aliphatic heterocycles. The first kappa shape index (κ1) is 16.5. The maximum atomic E-state index is 12.2. The largest absolute Gasteiger partial charge is 0.493 e. The zero-order valence-electron chi connectivity index (χ0n) is 11.8. The number of benzene rings is 1. The molecule has 1 atom stereocenters. The third-order valence-electron chi connectivity index (χ3n) is 2.81. The lowest BCUT2D eigenvalue weighted by molar-refractivity contribution is 0.0935. The van der Waals surface area contributed by atoms with E-state index >= 15 is 0 Å². The topological polar surface area (TPSA) is 98.5 Å². The smallest absolute Gasteiger partial charge is 0.255 e. The van der Waals surface area contributed by atoms with Crippen LogP contribution in [0.5, 0.6) is 5.75 Å². The summed E-state index contributed by atoms with van der Waals surface area (Å²) in [5, 5.41) is 7.85. The Labute approximate surface area is 119 Å². The lowest BCUT2D eigenvalue weighted by Crippen LogP contribution is -2.32. The Bertz CT molecular complexity index is 584. The quantitative estimate of drug-likeness (QED) is 0.826. The van der Waals surface area contributed by atoms with Crippen molar-refractivity contribution in [3.8, 4) is 5.75 Å². The molecule has 112 valence electrons. The molecule has 1 aromatic carbocycles. The van der Waals surface area contributed by atoms with E-state index in [0.717, 1.165) is 6.42 Å². The molecule has 3 N–H and O–H groups in total. The second kappa shape index (κ2) is 6.71. The monoisotopic (exact) mass is 300 g/mol. The highest BCUT2D eigenvalue weighted by atomic mass is 32.2. The highest BCUT2D eigenvalue weighted by Crippen LogP contribution is 2.22. The molecule has 1 unspecified atom stereocenters. The standard InChI is InChI=1S/C13H20N2O4S/c1-4-9(3)15-13(16)11-8-10(20(14,17)18)6-7-12(11)19-5-2/h6-9H,4-5H2,1-3H3,(H,15,16)(H2,14,17,18). The van der Waals surface area contributed by atoms with Gasteiger partial charge in [0.1, 0.15) is 5.75 Å². The molecule has 7 heteroatoms. The van der Waals surface area contributed by atoms with E-state index in [1.165, 1.54) is 18.2 Å². The molecule has 0 saturated heterocycles. The highest BCUT2D eigenvalue weighted by Gasteiger charge is 2.18. The number of primary sulfonamides is 1. The van der Waals surface area contributed by atoms with Crippen LogP contribution < -0.4 is 15.2 Å². The summed E-state index contributed by atoms with van der Waals surface area (Å²) in [4.78, 5) is 12.0. The molecule has 1 rings (SSSR count). The molecule has 1 aromatic rings. The second-order valence-electron chi connectivity index (χ2n) is 4.42. The summed E-state index contributed by atoms with van der Waals surface area (Å²) in [7, 11) is -3.86. The third-order valence-corrected chi connectivity index (χ3v) is 3.72. The second-order valence-corrected chi connectivity index (χ2v) is 5.98. The minimum absolute atomic E-state index is 0.0184. The number of carbonyl (C=O) groups excluding carboxylic acids is 1. The summed E-state index contributed by atoms with van der Waals surface area (Å²) >= 11 is 0. The van der Waals surface area contributed by atoms with E-state index in [9.17, 15) is 13.2 Å². The normalized spacial score (nSPS) is 12.8. The van der Waals surface area contributed by atoms with Crippen LogP contribution in [0.4, 0.5) is 0 Å². The van der Waals surface area contributed by atoms with Gasteiger partial charge in [-0.15, -0.1) is 0 Å². The molecule has 0 bridgehead atoms. The molecule has 0 saturated carbocycles. The van der Waals surface area contributed by atoms with E-state index in [-0.39, 0.29) is 22.4 Å². The molecular formula is C13H20N2O4S. The molecule has 0 aliphatic carbocycles. The van der Waals surface area contributed by atoms with Crippen LogP contribution >= 0.6 is 0 Å². The maximum absolute atomic E-state index is 12.2. The van der Waals surface area contributed by atoms with Crippen molar-refractivity contribution in [2.24, 2.45) is 5.14 Å². The van der Waals surface area contributed by atoms with Gasteiger partial charge in [-0.2, -0.15) is 0 Å². The van der Waals surface area contributed by atoms with Gasteiger partial charge in [0.25, 0.3) is 5.91 Å². The van der Waals surface area contributed by atoms with Gasteiger partial charge >= 0.3 is 0 Å². The molecule has 1 amide bonds. The Kier molecular flexibility index (Phi) is 5.52. The van der Waals surface area contributed by atoms with Gasteiger partial charge in [-0.1, -0.05) is 6.92 Å². The number of hydrogen-bond donors (Lipinski definition) is 2. The van der Waals surface area contributed by atoms with Crippen LogP contribution in [-0.2, 0) is 10.0 Å². The fourth-order valence-corrected chi connectivity index (χ4v) is 2.09. The van der Waals surface area contributed by atoms with Crippen LogP contribution in [0.25, 0.3) is 0 Å². The number of sulfonamides is 1. The first-order valence-corrected chi connectivity index (χ1v) is 7.94. The van der Waals surface area contributed by atoms with Crippen LogP contribution in [-0.4, -0.2) is 27.0 Å². The van der Waals surface area contributed by atoms with Crippen molar-refractivity contribution >= 4 is 15.9 Å². The third kappa shape index (κ3) is 4.21. The number of carbonyl (C=O) groups is 1. The zero-order valence-corrected chi connectivity index (χ0v) is 12.7. The minimum atomic E-state index is -3.86. The fourth-order valence-electron chi connectivity index (χ4n) is 1.55. The molecule has 6 nitrogen and oxygen atoms in total. The average molecular weight is 300 g/mol. The highest BCUT2D eigenvalue weighted by molar-refractivity contribution is 7.89. The summed E-state index contributed by atoms with van der Waals surface area (Å²) in [5.74, 6) is -0.0472. The van der Waals surface area contributed by atoms with E-state index < -0.39 is 10.0 Å². The van der Waals surface area contributed by atoms with E-state index in [2.05, 4.69) is 5.32 Å². The number of rotatable bonds is 6. The lowest BCUT2D eigenvalue weighted by atomic mass is 10.1. The number of hydrogen-bond acceptors (Lipinski definition) is 4. The minimum Gasteiger partial charge on any atom is -0.493 e. The molecule has 20 heavy (non-hydrogen) atoms. The Morgan fingerprint density at radius 1 is 1.40 bits per heavy atom. The molecule has 0 fully saturated rings. The van der Waals surface area contributed by atoms with Gasteiger partial charge in [0.15, 0.2) is 0 Å². The SMILES string of the molecule is CCOc1ccc(S(N)(=O)=O)cc1C(=O)NC(C)CC. The molecule has 0 heterocycles. The van der Waals surface area contributed by atoms with Crippen molar-refractivity contribution < 1.29 is 17.9 Å². The zero-order chi connectivity index (χ0) is 15.3.